The smallest absolute Gasteiger partial charge is 0.416 e. The molecule has 8 heteroatoms. The fraction of sp³-hybridized carbons (Fsp3) is 0.619. The summed E-state index contributed by atoms with van der Waals surface area (Å²) in [6, 6.07) is 5.99. The Morgan fingerprint density at radius 3 is 2.62 bits per heavy atom. The van der Waals surface area contributed by atoms with Crippen molar-refractivity contribution in [3.8, 4) is 0 Å². The molecule has 3 fully saturated rings. The van der Waals surface area contributed by atoms with Crippen molar-refractivity contribution in [3.05, 3.63) is 35.4 Å². The quantitative estimate of drug-likeness (QED) is 0.758. The van der Waals surface area contributed by atoms with Gasteiger partial charge in [0.1, 0.15) is 0 Å². The van der Waals surface area contributed by atoms with E-state index in [0.717, 1.165) is 25.6 Å². The van der Waals surface area contributed by atoms with Crippen LogP contribution in [-0.2, 0) is 22.2 Å². The Kier molecular flexibility index (Phi) is 6.82. The van der Waals surface area contributed by atoms with E-state index in [1.54, 1.807) is 6.07 Å². The average molecular weight is 412 g/mol. The largest absolute Gasteiger partial charge is 0.483 e. The number of halogens is 3. The molecule has 3 aliphatic heterocycles. The Morgan fingerprint density at radius 2 is 1.90 bits per heavy atom. The summed E-state index contributed by atoms with van der Waals surface area (Å²) >= 11 is 0. The SMILES string of the molecule is O=C(Cc1ccccc1C(F)(F)F)N1C[C@@H]2C[C@H](C1)[C@@H]1CCCCN1C2.O=CO. The van der Waals surface area contributed by atoms with Gasteiger partial charge in [-0.25, -0.2) is 0 Å². The standard InChI is InChI=1S/C20H25F3N2O.CH2O2/c21-20(22,23)17-6-2-1-5-15(17)10-19(26)25-12-14-9-16(13-25)18-7-3-4-8-24(18)11-14;2-1-3/h1-2,5-6,14,16,18H,3-4,7-13H2;1H,(H,2,3)/t14-,16-,18+;/m1./s1. The van der Waals surface area contributed by atoms with Gasteiger partial charge in [0.2, 0.25) is 5.91 Å². The van der Waals surface area contributed by atoms with E-state index in [4.69, 9.17) is 9.90 Å². The molecule has 4 rings (SSSR count). The minimum Gasteiger partial charge on any atom is -0.483 e. The molecule has 5 nitrogen and oxygen atoms in total. The second-order valence-corrected chi connectivity index (χ2v) is 8.16. The topological polar surface area (TPSA) is 60.9 Å². The molecule has 0 unspecified atom stereocenters. The monoisotopic (exact) mass is 412 g/mol. The van der Waals surface area contributed by atoms with Gasteiger partial charge in [0, 0.05) is 25.7 Å². The number of carbonyl (C=O) groups is 2. The van der Waals surface area contributed by atoms with Crippen molar-refractivity contribution in [2.75, 3.05) is 26.2 Å². The highest BCUT2D eigenvalue weighted by Gasteiger charge is 2.42. The van der Waals surface area contributed by atoms with Crippen LogP contribution >= 0.6 is 0 Å². The van der Waals surface area contributed by atoms with Crippen molar-refractivity contribution in [2.45, 2.75) is 44.3 Å². The molecule has 1 amide bonds. The third-order valence-electron chi connectivity index (χ3n) is 6.29. The van der Waals surface area contributed by atoms with E-state index in [1.165, 1.54) is 31.4 Å². The van der Waals surface area contributed by atoms with Crippen molar-refractivity contribution in [1.29, 1.82) is 0 Å². The lowest BCUT2D eigenvalue weighted by atomic mass is 9.76. The van der Waals surface area contributed by atoms with Gasteiger partial charge < -0.3 is 10.0 Å². The summed E-state index contributed by atoms with van der Waals surface area (Å²) in [5, 5.41) is 6.89. The molecule has 3 atom stereocenters. The normalized spacial score (nSPS) is 26.7. The summed E-state index contributed by atoms with van der Waals surface area (Å²) in [7, 11) is 0. The predicted molar refractivity (Wildman–Crippen MR) is 101 cm³/mol. The van der Waals surface area contributed by atoms with Crippen LogP contribution in [0.2, 0.25) is 0 Å². The summed E-state index contributed by atoms with van der Waals surface area (Å²) < 4.78 is 39.6. The molecule has 1 aromatic carbocycles. The molecule has 0 aliphatic carbocycles. The minimum absolute atomic E-state index is 0.0834. The summed E-state index contributed by atoms with van der Waals surface area (Å²) in [5.41, 5.74) is -0.607. The molecular formula is C21H27F3N2O3. The average Bonchev–Trinajstić information content (AvgIpc) is 2.68. The van der Waals surface area contributed by atoms with E-state index in [-0.39, 0.29) is 24.4 Å². The van der Waals surface area contributed by atoms with Gasteiger partial charge in [0.15, 0.2) is 0 Å². The van der Waals surface area contributed by atoms with Gasteiger partial charge in [0.05, 0.1) is 12.0 Å². The first-order valence-electron chi connectivity index (χ1n) is 10.1. The molecule has 0 radical (unpaired) electrons. The van der Waals surface area contributed by atoms with Crippen molar-refractivity contribution < 1.29 is 27.9 Å². The van der Waals surface area contributed by atoms with Gasteiger partial charge in [0.25, 0.3) is 6.47 Å². The Bertz CT molecular complexity index is 725. The Hall–Kier alpha value is -2.09. The number of hydrogen-bond donors (Lipinski definition) is 1. The van der Waals surface area contributed by atoms with E-state index in [9.17, 15) is 18.0 Å². The van der Waals surface area contributed by atoms with Crippen LogP contribution in [0.1, 0.15) is 36.8 Å². The number of rotatable bonds is 2. The summed E-state index contributed by atoms with van der Waals surface area (Å²) in [4.78, 5) is 25.6. The number of alkyl halides is 3. The maximum Gasteiger partial charge on any atom is 0.416 e. The molecular weight excluding hydrogens is 385 g/mol. The molecule has 3 saturated heterocycles. The first kappa shape index (κ1) is 21.6. The van der Waals surface area contributed by atoms with E-state index in [2.05, 4.69) is 4.90 Å². The molecule has 1 aromatic rings. The number of fused-ring (bicyclic) bond motifs is 4. The number of nitrogens with zero attached hydrogens (tertiary/aromatic N) is 2. The second kappa shape index (κ2) is 9.15. The molecule has 3 aliphatic rings. The van der Waals surface area contributed by atoms with Crippen LogP contribution in [0.5, 0.6) is 0 Å². The van der Waals surface area contributed by atoms with Crippen LogP contribution in [0.15, 0.2) is 24.3 Å². The number of hydrogen-bond acceptors (Lipinski definition) is 3. The minimum atomic E-state index is -4.42. The van der Waals surface area contributed by atoms with E-state index < -0.39 is 11.7 Å². The van der Waals surface area contributed by atoms with Crippen LogP contribution in [0, 0.1) is 11.8 Å². The van der Waals surface area contributed by atoms with E-state index in [1.807, 2.05) is 4.90 Å². The molecule has 0 aromatic heterocycles. The number of carboxylic acid groups (broad SMARTS) is 1. The second-order valence-electron chi connectivity index (χ2n) is 8.16. The highest BCUT2D eigenvalue weighted by molar-refractivity contribution is 5.79. The molecule has 2 bridgehead atoms. The van der Waals surface area contributed by atoms with Gasteiger partial charge in [-0.3, -0.25) is 14.5 Å². The van der Waals surface area contributed by atoms with Crippen LogP contribution in [-0.4, -0.2) is 59.5 Å². The van der Waals surface area contributed by atoms with Crippen LogP contribution < -0.4 is 0 Å². The number of likely N-dealkylation sites (tertiary alicyclic amines) is 1. The van der Waals surface area contributed by atoms with E-state index >= 15 is 0 Å². The molecule has 1 N–H and O–H groups in total. The fourth-order valence-electron chi connectivity index (χ4n) is 5.20. The van der Waals surface area contributed by atoms with Gasteiger partial charge in [-0.2, -0.15) is 13.2 Å². The van der Waals surface area contributed by atoms with Crippen molar-refractivity contribution in [1.82, 2.24) is 9.80 Å². The number of amides is 1. The van der Waals surface area contributed by atoms with E-state index in [0.29, 0.717) is 31.0 Å². The number of benzene rings is 1. The zero-order valence-corrected chi connectivity index (χ0v) is 16.3. The Balaban J connectivity index is 0.000000755. The lowest BCUT2D eigenvalue weighted by Crippen LogP contribution is -2.60. The lowest BCUT2D eigenvalue weighted by Gasteiger charge is -2.52. The molecule has 160 valence electrons. The van der Waals surface area contributed by atoms with Crippen LogP contribution in [0.4, 0.5) is 13.2 Å². The molecule has 0 spiro atoms. The van der Waals surface area contributed by atoms with Crippen molar-refractivity contribution >= 4 is 12.4 Å². The van der Waals surface area contributed by atoms with Crippen molar-refractivity contribution in [3.63, 3.8) is 0 Å². The van der Waals surface area contributed by atoms with Crippen LogP contribution in [0.3, 0.4) is 0 Å². The zero-order valence-electron chi connectivity index (χ0n) is 16.3. The van der Waals surface area contributed by atoms with Crippen molar-refractivity contribution in [2.24, 2.45) is 11.8 Å². The Morgan fingerprint density at radius 1 is 1.17 bits per heavy atom. The lowest BCUT2D eigenvalue weighted by molar-refractivity contribution is -0.140. The predicted octanol–water partition coefficient (Wildman–Crippen LogP) is 3.28. The third-order valence-corrected chi connectivity index (χ3v) is 6.29. The maximum atomic E-state index is 13.2. The highest BCUT2D eigenvalue weighted by Crippen LogP contribution is 2.38. The Labute approximate surface area is 168 Å². The molecule has 3 heterocycles. The fourth-order valence-corrected chi connectivity index (χ4v) is 5.20. The summed E-state index contributed by atoms with van der Waals surface area (Å²) in [5.74, 6) is 0.773. The summed E-state index contributed by atoms with van der Waals surface area (Å²) in [6.45, 7) is 3.33. The van der Waals surface area contributed by atoms with Crippen LogP contribution in [0.25, 0.3) is 0 Å². The van der Waals surface area contributed by atoms with Gasteiger partial charge in [-0.05, 0) is 49.3 Å². The van der Waals surface area contributed by atoms with Gasteiger partial charge in [-0.1, -0.05) is 24.6 Å². The van der Waals surface area contributed by atoms with Gasteiger partial charge >= 0.3 is 6.18 Å². The third kappa shape index (κ3) is 5.10. The molecule has 29 heavy (non-hydrogen) atoms. The molecule has 0 saturated carbocycles. The van der Waals surface area contributed by atoms with Gasteiger partial charge in [-0.15, -0.1) is 0 Å². The first-order valence-corrected chi connectivity index (χ1v) is 10.1. The number of piperidine rings is 3. The zero-order chi connectivity index (χ0) is 21.0. The highest BCUT2D eigenvalue weighted by atomic mass is 19.4. The first-order chi connectivity index (χ1) is 13.8. The summed E-state index contributed by atoms with van der Waals surface area (Å²) in [6.07, 6.45) is 0.268. The number of carbonyl (C=O) groups excluding carboxylic acids is 1. The maximum absolute atomic E-state index is 13.2.